The van der Waals surface area contributed by atoms with Gasteiger partial charge in [0.1, 0.15) is 18.8 Å². The van der Waals surface area contributed by atoms with Crippen molar-refractivity contribution in [1.29, 1.82) is 0 Å². The Morgan fingerprint density at radius 1 is 0.453 bits per heavy atom. The highest BCUT2D eigenvalue weighted by Gasteiger charge is 2.50. The minimum absolute atomic E-state index is 0.0591. The number of hydrogen-bond donors (Lipinski definition) is 3. The monoisotopic (exact) mass is 1060 g/mol. The van der Waals surface area contributed by atoms with Crippen molar-refractivity contribution < 1.29 is 58.2 Å². The highest BCUT2D eigenvalue weighted by Crippen LogP contribution is 2.27. The predicted molar refractivity (Wildman–Crippen MR) is 303 cm³/mol. The molecule has 1 aliphatic rings. The Labute approximate surface area is 456 Å². The molecule has 0 aromatic heterocycles. The number of unbranched alkanes of at least 4 members (excludes halogenated alkanes) is 30. The minimum Gasteiger partial charge on any atom is -0.479 e. The Morgan fingerprint density at radius 2 is 0.840 bits per heavy atom. The number of carbonyl (C=O) groups excluding carboxylic acids is 3. The minimum atomic E-state index is -1.91. The SMILES string of the molecule is CC/C=C\C/C=C\C/C=C\C/C=C\CCC(=O)OCC(COC1OC(C(=O)O)C(O)C(O)C1OC(=O)CCCCCCCCCCCCCCCCCCCCC)OC(=O)CCCCCCCCCCCCCCC. The summed E-state index contributed by atoms with van der Waals surface area (Å²) in [6.45, 7) is 5.84. The molecule has 3 N–H and O–H groups in total. The van der Waals surface area contributed by atoms with E-state index in [1.807, 2.05) is 12.2 Å². The van der Waals surface area contributed by atoms with Crippen molar-refractivity contribution in [3.63, 3.8) is 0 Å². The molecule has 0 aromatic carbocycles. The average Bonchev–Trinajstić information content (AvgIpc) is 3.39. The fraction of sp³-hybridized carbons (Fsp3) is 0.810. The van der Waals surface area contributed by atoms with Crippen LogP contribution >= 0.6 is 0 Å². The van der Waals surface area contributed by atoms with Gasteiger partial charge in [-0.3, -0.25) is 14.4 Å². The van der Waals surface area contributed by atoms with E-state index in [-0.39, 0.29) is 25.9 Å². The van der Waals surface area contributed by atoms with Crippen molar-refractivity contribution in [1.82, 2.24) is 0 Å². The summed E-state index contributed by atoms with van der Waals surface area (Å²) in [5.41, 5.74) is 0. The van der Waals surface area contributed by atoms with E-state index in [1.54, 1.807) is 0 Å². The zero-order chi connectivity index (χ0) is 54.7. The Balaban J connectivity index is 2.67. The van der Waals surface area contributed by atoms with Gasteiger partial charge in [0, 0.05) is 19.3 Å². The van der Waals surface area contributed by atoms with Crippen LogP contribution < -0.4 is 0 Å². The molecule has 0 aromatic rings. The lowest BCUT2D eigenvalue weighted by Crippen LogP contribution is -2.61. The maximum Gasteiger partial charge on any atom is 0.335 e. The maximum atomic E-state index is 13.1. The number of allylic oxidation sites excluding steroid dienone is 8. The van der Waals surface area contributed by atoms with Crippen LogP contribution in [0.4, 0.5) is 0 Å². The van der Waals surface area contributed by atoms with E-state index in [9.17, 15) is 34.5 Å². The lowest BCUT2D eigenvalue weighted by atomic mass is 9.98. The standard InChI is InChI=1S/C63H110O12/c1-4-7-10-13-16-19-22-25-26-27-28-29-30-33-36-39-42-45-48-51-57(66)74-61-59(68)58(67)60(62(69)70)75-63(61)72-53-54(73-56(65)50-47-44-41-38-35-32-24-21-18-15-12-9-6-3)52-71-55(64)49-46-43-40-37-34-31-23-20-17-14-11-8-5-2/h8,11,17,20,31,34,40,43,54,58-61,63,67-68H,4-7,9-10,12-16,18-19,21-30,32-33,35-39,41-42,44-53H2,1-3H3,(H,69,70)/b11-8-,20-17-,34-31-,43-40-. The van der Waals surface area contributed by atoms with Crippen LogP contribution in [0.15, 0.2) is 48.6 Å². The van der Waals surface area contributed by atoms with Gasteiger partial charge in [-0.1, -0.05) is 262 Å². The van der Waals surface area contributed by atoms with Gasteiger partial charge in [-0.15, -0.1) is 0 Å². The van der Waals surface area contributed by atoms with E-state index < -0.39 is 67.3 Å². The highest BCUT2D eigenvalue weighted by atomic mass is 16.7. The molecule has 0 saturated carbocycles. The van der Waals surface area contributed by atoms with Crippen LogP contribution in [0.2, 0.25) is 0 Å². The van der Waals surface area contributed by atoms with Gasteiger partial charge < -0.3 is 39.0 Å². The molecule has 1 saturated heterocycles. The normalized spacial score (nSPS) is 18.4. The predicted octanol–water partition coefficient (Wildman–Crippen LogP) is 15.8. The fourth-order valence-electron chi connectivity index (χ4n) is 9.27. The highest BCUT2D eigenvalue weighted by molar-refractivity contribution is 5.74. The summed E-state index contributed by atoms with van der Waals surface area (Å²) in [7, 11) is 0. The number of aliphatic hydroxyl groups excluding tert-OH is 2. The molecule has 0 aliphatic carbocycles. The number of hydrogen-bond acceptors (Lipinski definition) is 11. The van der Waals surface area contributed by atoms with Gasteiger partial charge >= 0.3 is 23.9 Å². The second-order valence-corrected chi connectivity index (χ2v) is 21.0. The third-order valence-electron chi connectivity index (χ3n) is 13.9. The molecule has 0 radical (unpaired) electrons. The zero-order valence-electron chi connectivity index (χ0n) is 47.8. The van der Waals surface area contributed by atoms with Crippen molar-refractivity contribution in [2.24, 2.45) is 0 Å². The first-order valence-electron chi connectivity index (χ1n) is 30.6. The van der Waals surface area contributed by atoms with Crippen LogP contribution in [0.25, 0.3) is 0 Å². The zero-order valence-corrected chi connectivity index (χ0v) is 47.8. The molecule has 0 bridgehead atoms. The number of aliphatic carboxylic acids is 1. The molecule has 6 unspecified atom stereocenters. The lowest BCUT2D eigenvalue weighted by Gasteiger charge is -2.40. The van der Waals surface area contributed by atoms with Crippen molar-refractivity contribution in [2.75, 3.05) is 13.2 Å². The molecule has 1 aliphatic heterocycles. The summed E-state index contributed by atoms with van der Waals surface area (Å²) < 4.78 is 28.4. The lowest BCUT2D eigenvalue weighted by molar-refractivity contribution is -0.301. The van der Waals surface area contributed by atoms with E-state index >= 15 is 0 Å². The van der Waals surface area contributed by atoms with Gasteiger partial charge in [0.25, 0.3) is 0 Å². The summed E-state index contributed by atoms with van der Waals surface area (Å²) in [5, 5.41) is 31.5. The summed E-state index contributed by atoms with van der Waals surface area (Å²) in [6, 6.07) is 0. The van der Waals surface area contributed by atoms with Crippen LogP contribution in [0.1, 0.15) is 278 Å². The van der Waals surface area contributed by atoms with Gasteiger partial charge in [0.15, 0.2) is 24.6 Å². The molecule has 12 nitrogen and oxygen atoms in total. The molecule has 1 heterocycles. The van der Waals surface area contributed by atoms with Crippen molar-refractivity contribution in [3.05, 3.63) is 48.6 Å². The number of carboxylic acid groups (broad SMARTS) is 1. The van der Waals surface area contributed by atoms with E-state index in [0.29, 0.717) is 19.3 Å². The van der Waals surface area contributed by atoms with Gasteiger partial charge in [-0.25, -0.2) is 4.79 Å². The van der Waals surface area contributed by atoms with Crippen LogP contribution in [0, 0.1) is 0 Å². The van der Waals surface area contributed by atoms with E-state index in [4.69, 9.17) is 23.7 Å². The second-order valence-electron chi connectivity index (χ2n) is 21.0. The summed E-state index contributed by atoms with van der Waals surface area (Å²) in [4.78, 5) is 51.1. The molecule has 12 heteroatoms. The van der Waals surface area contributed by atoms with E-state index in [0.717, 1.165) is 70.6 Å². The number of aliphatic hydroxyl groups is 2. The third-order valence-corrected chi connectivity index (χ3v) is 13.9. The maximum absolute atomic E-state index is 13.1. The molecule has 6 atom stereocenters. The van der Waals surface area contributed by atoms with Crippen molar-refractivity contribution >= 4 is 23.9 Å². The van der Waals surface area contributed by atoms with Crippen molar-refractivity contribution in [3.8, 4) is 0 Å². The Morgan fingerprint density at radius 3 is 1.25 bits per heavy atom. The van der Waals surface area contributed by atoms with E-state index in [2.05, 4.69) is 57.2 Å². The molecule has 0 amide bonds. The van der Waals surface area contributed by atoms with Gasteiger partial charge in [0.2, 0.25) is 0 Å². The summed E-state index contributed by atoms with van der Waals surface area (Å²) >= 11 is 0. The first kappa shape index (κ1) is 69.7. The topological polar surface area (TPSA) is 175 Å². The summed E-state index contributed by atoms with van der Waals surface area (Å²) in [5.74, 6) is -3.20. The number of ether oxygens (including phenoxy) is 5. The summed E-state index contributed by atoms with van der Waals surface area (Å²) in [6.07, 6.45) is 49.6. The average molecular weight is 1060 g/mol. The quantitative estimate of drug-likeness (QED) is 0.0228. The fourth-order valence-corrected chi connectivity index (χ4v) is 9.27. The van der Waals surface area contributed by atoms with Crippen LogP contribution in [0.3, 0.4) is 0 Å². The van der Waals surface area contributed by atoms with Crippen LogP contribution in [-0.4, -0.2) is 89.2 Å². The largest absolute Gasteiger partial charge is 0.479 e. The van der Waals surface area contributed by atoms with Crippen LogP contribution in [-0.2, 0) is 42.9 Å². The van der Waals surface area contributed by atoms with Crippen LogP contribution in [0.5, 0.6) is 0 Å². The van der Waals surface area contributed by atoms with Gasteiger partial charge in [0.05, 0.1) is 6.61 Å². The molecule has 434 valence electrons. The molecule has 75 heavy (non-hydrogen) atoms. The molecule has 0 spiro atoms. The number of carbonyl (C=O) groups is 4. The number of carboxylic acids is 1. The van der Waals surface area contributed by atoms with E-state index in [1.165, 1.54) is 148 Å². The van der Waals surface area contributed by atoms with Gasteiger partial charge in [-0.05, 0) is 44.9 Å². The Bertz CT molecular complexity index is 1490. The smallest absolute Gasteiger partial charge is 0.335 e. The second kappa shape index (κ2) is 51.4. The molecular weight excluding hydrogens is 949 g/mol. The van der Waals surface area contributed by atoms with Gasteiger partial charge in [-0.2, -0.15) is 0 Å². The molecular formula is C63H110O12. The Kier molecular flexibility index (Phi) is 47.8. The first-order valence-corrected chi connectivity index (χ1v) is 30.6. The number of esters is 3. The number of rotatable bonds is 52. The Hall–Kier alpha value is -3.32. The first-order chi connectivity index (χ1) is 36.6. The molecule has 1 fully saturated rings. The third kappa shape index (κ3) is 41.5. The van der Waals surface area contributed by atoms with Crippen molar-refractivity contribution in [2.45, 2.75) is 314 Å². The molecule has 1 rings (SSSR count).